The largest absolute Gasteiger partial charge is 0.472 e. The monoisotopic (exact) mass is 858 g/mol. The number of aliphatic hydroxyl groups excluding tert-OH is 1. The van der Waals surface area contributed by atoms with Crippen molar-refractivity contribution in [3.05, 3.63) is 97.2 Å². The second-order valence-corrected chi connectivity index (χ2v) is 18.2. The zero-order valence-electron chi connectivity index (χ0n) is 38.9. The van der Waals surface area contributed by atoms with Crippen molar-refractivity contribution in [3.63, 3.8) is 0 Å². The van der Waals surface area contributed by atoms with Gasteiger partial charge in [-0.1, -0.05) is 188 Å². The summed E-state index contributed by atoms with van der Waals surface area (Å²) in [6.45, 7) is 4.60. The normalized spacial score (nSPS) is 15.1. The number of quaternary nitrogens is 1. The van der Waals surface area contributed by atoms with Crippen molar-refractivity contribution in [3.8, 4) is 0 Å². The summed E-state index contributed by atoms with van der Waals surface area (Å²) in [6.07, 6.45) is 59.3. The molecule has 0 rings (SSSR count). The van der Waals surface area contributed by atoms with E-state index in [9.17, 15) is 19.4 Å². The minimum Gasteiger partial charge on any atom is -0.387 e. The highest BCUT2D eigenvalue weighted by molar-refractivity contribution is 7.47. The molecule has 0 saturated heterocycles. The maximum atomic E-state index is 12.9. The van der Waals surface area contributed by atoms with Crippen LogP contribution in [0.25, 0.3) is 0 Å². The molecule has 3 atom stereocenters. The highest BCUT2D eigenvalue weighted by Crippen LogP contribution is 2.43. The van der Waals surface area contributed by atoms with Crippen molar-refractivity contribution in [2.75, 3.05) is 40.9 Å². The Bertz CT molecular complexity index is 1290. The lowest BCUT2D eigenvalue weighted by Gasteiger charge is -2.25. The van der Waals surface area contributed by atoms with Gasteiger partial charge < -0.3 is 19.8 Å². The minimum atomic E-state index is -4.37. The smallest absolute Gasteiger partial charge is 0.387 e. The molecule has 9 heteroatoms. The first-order valence-electron chi connectivity index (χ1n) is 23.6. The Morgan fingerprint density at radius 2 is 1.02 bits per heavy atom. The van der Waals surface area contributed by atoms with E-state index < -0.39 is 20.0 Å². The second-order valence-electron chi connectivity index (χ2n) is 16.7. The van der Waals surface area contributed by atoms with E-state index >= 15 is 0 Å². The number of carbonyl (C=O) groups excluding carboxylic acids is 1. The number of unbranched alkanes of at least 4 members (excludes halogenated alkanes) is 14. The Balaban J connectivity index is 4.58. The predicted octanol–water partition coefficient (Wildman–Crippen LogP) is 13.5. The van der Waals surface area contributed by atoms with Crippen LogP contribution in [0.4, 0.5) is 0 Å². The zero-order chi connectivity index (χ0) is 44.3. The molecule has 0 bridgehead atoms. The first-order valence-corrected chi connectivity index (χ1v) is 25.1. The number of aliphatic hydroxyl groups is 1. The molecule has 0 spiro atoms. The molecule has 0 heterocycles. The fourth-order valence-electron chi connectivity index (χ4n) is 6.08. The number of carbonyl (C=O) groups is 1. The lowest BCUT2D eigenvalue weighted by Crippen LogP contribution is -2.45. The molecule has 0 saturated carbocycles. The van der Waals surface area contributed by atoms with Gasteiger partial charge in [-0.15, -0.1) is 0 Å². The fraction of sp³-hybridized carbons (Fsp3) is 0.667. The van der Waals surface area contributed by atoms with Gasteiger partial charge in [0.15, 0.2) is 0 Å². The molecule has 0 aromatic heterocycles. The summed E-state index contributed by atoms with van der Waals surface area (Å²) in [4.78, 5) is 23.1. The molecule has 8 nitrogen and oxygen atoms in total. The number of nitrogens with zero attached hydrogens (tertiary/aromatic N) is 1. The van der Waals surface area contributed by atoms with E-state index in [0.717, 1.165) is 57.8 Å². The summed E-state index contributed by atoms with van der Waals surface area (Å²) in [7, 11) is 1.49. The number of hydrogen-bond acceptors (Lipinski definition) is 5. The van der Waals surface area contributed by atoms with Gasteiger partial charge in [-0.3, -0.25) is 13.8 Å². The Morgan fingerprint density at radius 3 is 1.52 bits per heavy atom. The highest BCUT2D eigenvalue weighted by atomic mass is 31.2. The molecule has 3 N–H and O–H groups in total. The van der Waals surface area contributed by atoms with Gasteiger partial charge in [0.1, 0.15) is 13.2 Å². The lowest BCUT2D eigenvalue weighted by atomic mass is 10.0. The van der Waals surface area contributed by atoms with Gasteiger partial charge in [-0.2, -0.15) is 0 Å². The number of likely N-dealkylation sites (N-methyl/N-ethyl adjacent to an activating group) is 1. The van der Waals surface area contributed by atoms with E-state index in [1.807, 2.05) is 39.4 Å². The molecule has 0 aromatic carbocycles. The van der Waals surface area contributed by atoms with Crippen molar-refractivity contribution in [1.29, 1.82) is 0 Å². The van der Waals surface area contributed by atoms with Gasteiger partial charge in [0, 0.05) is 6.42 Å². The van der Waals surface area contributed by atoms with Gasteiger partial charge in [0.05, 0.1) is 39.9 Å². The van der Waals surface area contributed by atoms with E-state index in [4.69, 9.17) is 9.05 Å². The van der Waals surface area contributed by atoms with Gasteiger partial charge in [0.25, 0.3) is 0 Å². The van der Waals surface area contributed by atoms with Crippen molar-refractivity contribution in [2.45, 2.75) is 180 Å². The molecular formula is C51H90N2O6P+. The maximum absolute atomic E-state index is 12.9. The topological polar surface area (TPSA) is 105 Å². The van der Waals surface area contributed by atoms with Crippen LogP contribution in [0.5, 0.6) is 0 Å². The van der Waals surface area contributed by atoms with E-state index in [1.54, 1.807) is 6.08 Å². The third-order valence-electron chi connectivity index (χ3n) is 9.80. The van der Waals surface area contributed by atoms with Gasteiger partial charge in [-0.25, -0.2) is 4.57 Å². The number of allylic oxidation sites excluding steroid dienone is 15. The van der Waals surface area contributed by atoms with Crippen LogP contribution in [-0.4, -0.2) is 73.4 Å². The molecule has 0 aromatic rings. The van der Waals surface area contributed by atoms with Crippen LogP contribution < -0.4 is 5.32 Å². The summed E-state index contributed by atoms with van der Waals surface area (Å²) in [5.74, 6) is -0.273. The van der Waals surface area contributed by atoms with E-state index in [2.05, 4.69) is 92.1 Å². The Labute approximate surface area is 369 Å². The molecule has 3 unspecified atom stereocenters. The standard InChI is InChI=1S/C51H89N2O6P/c1-6-8-10-12-14-16-18-20-22-24-26-28-30-32-34-36-38-40-42-44-50(54)49(48-59-60(56,57)58-47-46-53(3,4)5)52-51(55)45-43-41-39-37-35-33-31-29-27-25-23-21-19-17-15-13-11-9-7-2/h9,11,15,17,21,23,27,29,33-36,39,41-42,44,49-50,54H,6-8,10,12-14,16,18-20,22,24-26,28,30-32,37-38,40,43,45-48H2,1-5H3,(H-,52,55,56,57)/p+1/b11-9-,17-15-,23-21-,29-27-,35-33-,36-34+,41-39-,44-42+. The van der Waals surface area contributed by atoms with Crippen LogP contribution in [0.1, 0.15) is 168 Å². The molecule has 344 valence electrons. The van der Waals surface area contributed by atoms with Crippen molar-refractivity contribution in [2.24, 2.45) is 0 Å². The van der Waals surface area contributed by atoms with E-state index in [-0.39, 0.29) is 25.5 Å². The number of phosphoric ester groups is 1. The van der Waals surface area contributed by atoms with Crippen molar-refractivity contribution in [1.82, 2.24) is 5.32 Å². The highest BCUT2D eigenvalue weighted by Gasteiger charge is 2.27. The fourth-order valence-corrected chi connectivity index (χ4v) is 6.81. The number of amides is 1. The number of phosphoric acid groups is 1. The van der Waals surface area contributed by atoms with E-state index in [0.29, 0.717) is 17.4 Å². The summed E-state index contributed by atoms with van der Waals surface area (Å²) in [6, 6.07) is -0.910. The SMILES string of the molecule is CC/C=C\C/C=C\C/C=C\C/C=C\C/C=C\C/C=C\CCC(=O)NC(COP(=O)(O)OCC[N+](C)(C)C)C(O)/C=C/CC/C=C/CCCCCCCCCCCCCCC. The average Bonchev–Trinajstić information content (AvgIpc) is 3.20. The zero-order valence-corrected chi connectivity index (χ0v) is 39.8. The summed E-state index contributed by atoms with van der Waals surface area (Å²) >= 11 is 0. The molecule has 0 aliphatic rings. The van der Waals surface area contributed by atoms with Crippen LogP contribution in [0.15, 0.2) is 97.2 Å². The Hall–Kier alpha value is -2.58. The van der Waals surface area contributed by atoms with Gasteiger partial charge in [0.2, 0.25) is 5.91 Å². The molecule has 1 amide bonds. The van der Waals surface area contributed by atoms with Crippen LogP contribution in [0, 0.1) is 0 Å². The Morgan fingerprint density at radius 1 is 0.583 bits per heavy atom. The number of hydrogen-bond donors (Lipinski definition) is 3. The van der Waals surface area contributed by atoms with Crippen LogP contribution in [0.3, 0.4) is 0 Å². The Kier molecular flexibility index (Phi) is 40.0. The number of rotatable bonds is 41. The summed E-state index contributed by atoms with van der Waals surface area (Å²) in [5, 5.41) is 13.8. The third-order valence-corrected chi connectivity index (χ3v) is 10.8. The van der Waals surface area contributed by atoms with Crippen molar-refractivity contribution >= 4 is 13.7 Å². The minimum absolute atomic E-state index is 0.0373. The maximum Gasteiger partial charge on any atom is 0.472 e. The quantitative estimate of drug-likeness (QED) is 0.0245. The predicted molar refractivity (Wildman–Crippen MR) is 258 cm³/mol. The molecule has 60 heavy (non-hydrogen) atoms. The molecule has 0 fully saturated rings. The second kappa shape index (κ2) is 41.8. The summed E-state index contributed by atoms with van der Waals surface area (Å²) < 4.78 is 23.5. The summed E-state index contributed by atoms with van der Waals surface area (Å²) in [5.41, 5.74) is 0. The lowest BCUT2D eigenvalue weighted by molar-refractivity contribution is -0.870. The third kappa shape index (κ3) is 43.5. The molecule has 0 aliphatic heterocycles. The first kappa shape index (κ1) is 57.4. The van der Waals surface area contributed by atoms with Gasteiger partial charge >= 0.3 is 7.82 Å². The van der Waals surface area contributed by atoms with Crippen LogP contribution in [0.2, 0.25) is 0 Å². The average molecular weight is 858 g/mol. The van der Waals surface area contributed by atoms with Crippen LogP contribution in [-0.2, 0) is 18.4 Å². The molecular weight excluding hydrogens is 768 g/mol. The van der Waals surface area contributed by atoms with Crippen LogP contribution >= 0.6 is 7.82 Å². The molecule has 0 radical (unpaired) electrons. The first-order chi connectivity index (χ1) is 29.0. The van der Waals surface area contributed by atoms with E-state index in [1.165, 1.54) is 83.5 Å². The molecule has 0 aliphatic carbocycles. The number of nitrogens with one attached hydrogen (secondary N) is 1. The van der Waals surface area contributed by atoms with Crippen molar-refractivity contribution < 1.29 is 32.9 Å². The van der Waals surface area contributed by atoms with Gasteiger partial charge in [-0.05, 0) is 70.6 Å².